The van der Waals surface area contributed by atoms with Crippen molar-refractivity contribution in [1.29, 1.82) is 0 Å². The topological polar surface area (TPSA) is 12.0 Å². The molecule has 0 radical (unpaired) electrons. The van der Waals surface area contributed by atoms with Crippen molar-refractivity contribution in [3.05, 3.63) is 28.8 Å². The highest BCUT2D eigenvalue weighted by Gasteiger charge is 2.31. The maximum absolute atomic E-state index is 12.6. The third-order valence-electron chi connectivity index (χ3n) is 4.02. The van der Waals surface area contributed by atoms with Gasteiger partial charge in [-0.25, -0.2) is 0 Å². The summed E-state index contributed by atoms with van der Waals surface area (Å²) in [6.07, 6.45) is 1.32. The molecular weight excluding hydrogens is 287 g/mol. The second-order valence-corrected chi connectivity index (χ2v) is 5.88. The zero-order chi connectivity index (χ0) is 14.8. The van der Waals surface area contributed by atoms with Crippen molar-refractivity contribution in [3.63, 3.8) is 0 Å². The number of benzene rings is 1. The van der Waals surface area contributed by atoms with Crippen LogP contribution in [-0.4, -0.2) is 6.04 Å². The average molecular weight is 306 g/mol. The quantitative estimate of drug-likeness (QED) is 0.751. The van der Waals surface area contributed by atoms with Gasteiger partial charge in [0.2, 0.25) is 0 Å². The van der Waals surface area contributed by atoms with E-state index >= 15 is 0 Å². The first-order valence-electron chi connectivity index (χ1n) is 7.03. The van der Waals surface area contributed by atoms with Crippen LogP contribution in [0.15, 0.2) is 18.2 Å². The van der Waals surface area contributed by atoms with Crippen molar-refractivity contribution in [2.75, 3.05) is 5.32 Å². The minimum atomic E-state index is -4.35. The van der Waals surface area contributed by atoms with Crippen molar-refractivity contribution in [3.8, 4) is 0 Å². The van der Waals surface area contributed by atoms with E-state index in [2.05, 4.69) is 12.2 Å². The van der Waals surface area contributed by atoms with Crippen LogP contribution in [-0.2, 0) is 6.18 Å². The highest BCUT2D eigenvalue weighted by atomic mass is 35.5. The summed E-state index contributed by atoms with van der Waals surface area (Å²) in [5.41, 5.74) is -0.107. The molecule has 0 saturated heterocycles. The summed E-state index contributed by atoms with van der Waals surface area (Å²) in [5, 5.41) is 3.43. The van der Waals surface area contributed by atoms with Gasteiger partial charge in [0.15, 0.2) is 0 Å². The Hall–Kier alpha value is -0.900. The van der Waals surface area contributed by atoms with Gasteiger partial charge in [-0.05, 0) is 37.0 Å². The van der Waals surface area contributed by atoms with E-state index in [9.17, 15) is 13.2 Å². The van der Waals surface area contributed by atoms with Crippen LogP contribution in [0.25, 0.3) is 0 Å². The summed E-state index contributed by atoms with van der Waals surface area (Å²) >= 11 is 5.96. The Kier molecular flexibility index (Phi) is 4.84. The van der Waals surface area contributed by atoms with Gasteiger partial charge in [0.25, 0.3) is 0 Å². The Morgan fingerprint density at radius 2 is 2.05 bits per heavy atom. The molecule has 1 aromatic carbocycles. The molecule has 112 valence electrons. The minimum absolute atomic E-state index is 0.137. The third-order valence-corrected chi connectivity index (χ3v) is 4.33. The number of alkyl halides is 3. The molecule has 0 amide bonds. The Bertz CT molecular complexity index is 459. The molecule has 1 aliphatic rings. The van der Waals surface area contributed by atoms with Gasteiger partial charge < -0.3 is 5.32 Å². The van der Waals surface area contributed by atoms with Crippen LogP contribution in [0.5, 0.6) is 0 Å². The van der Waals surface area contributed by atoms with Crippen LogP contribution in [0, 0.1) is 5.92 Å². The van der Waals surface area contributed by atoms with Crippen molar-refractivity contribution in [2.24, 2.45) is 5.92 Å². The molecule has 1 fully saturated rings. The fraction of sp³-hybridized carbons (Fsp3) is 0.600. The SMILES string of the molecule is CCC1CCCC(Nc2ccc(C(F)(F)F)cc2Cl)C1. The molecule has 0 spiro atoms. The van der Waals surface area contributed by atoms with Crippen LogP contribution < -0.4 is 5.32 Å². The minimum Gasteiger partial charge on any atom is -0.381 e. The second-order valence-electron chi connectivity index (χ2n) is 5.47. The average Bonchev–Trinajstić information content (AvgIpc) is 2.40. The third kappa shape index (κ3) is 3.81. The molecule has 1 aromatic rings. The normalized spacial score (nSPS) is 23.6. The van der Waals surface area contributed by atoms with E-state index in [0.717, 1.165) is 37.8 Å². The molecule has 0 aromatic heterocycles. The van der Waals surface area contributed by atoms with E-state index < -0.39 is 11.7 Å². The number of nitrogens with one attached hydrogen (secondary N) is 1. The van der Waals surface area contributed by atoms with Crippen LogP contribution in [0.3, 0.4) is 0 Å². The fourth-order valence-corrected chi connectivity index (χ4v) is 3.06. The van der Waals surface area contributed by atoms with E-state index in [1.807, 2.05) is 0 Å². The first kappa shape index (κ1) is 15.5. The van der Waals surface area contributed by atoms with E-state index in [0.29, 0.717) is 17.6 Å². The molecule has 2 rings (SSSR count). The van der Waals surface area contributed by atoms with Crippen molar-refractivity contribution in [1.82, 2.24) is 0 Å². The Balaban J connectivity index is 2.06. The predicted octanol–water partition coefficient (Wildman–Crippen LogP) is 5.74. The van der Waals surface area contributed by atoms with Crippen molar-refractivity contribution >= 4 is 17.3 Å². The van der Waals surface area contributed by atoms with Gasteiger partial charge in [0, 0.05) is 6.04 Å². The number of hydrogen-bond acceptors (Lipinski definition) is 1. The number of hydrogen-bond donors (Lipinski definition) is 1. The Morgan fingerprint density at radius 3 is 2.65 bits per heavy atom. The molecule has 20 heavy (non-hydrogen) atoms. The number of anilines is 1. The first-order chi connectivity index (χ1) is 9.40. The lowest BCUT2D eigenvalue weighted by Gasteiger charge is -2.30. The molecule has 1 aliphatic carbocycles. The fourth-order valence-electron chi connectivity index (χ4n) is 2.82. The molecule has 5 heteroatoms. The van der Waals surface area contributed by atoms with Crippen LogP contribution in [0.2, 0.25) is 5.02 Å². The maximum atomic E-state index is 12.6. The second kappa shape index (κ2) is 6.25. The number of halogens is 4. The molecule has 0 bridgehead atoms. The molecule has 0 heterocycles. The molecule has 1 nitrogen and oxygen atoms in total. The number of rotatable bonds is 3. The molecule has 1 saturated carbocycles. The zero-order valence-electron chi connectivity index (χ0n) is 11.4. The molecule has 1 N–H and O–H groups in total. The van der Waals surface area contributed by atoms with E-state index in [4.69, 9.17) is 11.6 Å². The van der Waals surface area contributed by atoms with Crippen LogP contribution in [0.1, 0.15) is 44.6 Å². The monoisotopic (exact) mass is 305 g/mol. The molecule has 0 aliphatic heterocycles. The highest BCUT2D eigenvalue weighted by molar-refractivity contribution is 6.33. The van der Waals surface area contributed by atoms with E-state index in [1.165, 1.54) is 12.5 Å². The largest absolute Gasteiger partial charge is 0.416 e. The highest BCUT2D eigenvalue weighted by Crippen LogP contribution is 2.35. The lowest BCUT2D eigenvalue weighted by molar-refractivity contribution is -0.137. The zero-order valence-corrected chi connectivity index (χ0v) is 12.2. The summed E-state index contributed by atoms with van der Waals surface area (Å²) in [4.78, 5) is 0. The van der Waals surface area contributed by atoms with Gasteiger partial charge in [-0.1, -0.05) is 37.8 Å². The first-order valence-corrected chi connectivity index (χ1v) is 7.41. The predicted molar refractivity (Wildman–Crippen MR) is 76.1 cm³/mol. The lowest BCUT2D eigenvalue weighted by atomic mass is 9.84. The Labute approximate surface area is 122 Å². The van der Waals surface area contributed by atoms with Crippen molar-refractivity contribution < 1.29 is 13.2 Å². The molecule has 2 atom stereocenters. The van der Waals surface area contributed by atoms with Gasteiger partial charge in [0.1, 0.15) is 0 Å². The summed E-state index contributed by atoms with van der Waals surface area (Å²) < 4.78 is 37.7. The standard InChI is InChI=1S/C15H19ClF3N/c1-2-10-4-3-5-12(8-10)20-14-7-6-11(9-13(14)16)15(17,18)19/h6-7,9-10,12,20H,2-5,8H2,1H3. The van der Waals surface area contributed by atoms with Gasteiger partial charge >= 0.3 is 6.18 Å². The lowest BCUT2D eigenvalue weighted by Crippen LogP contribution is -2.27. The summed E-state index contributed by atoms with van der Waals surface area (Å²) in [5.74, 6) is 0.703. The van der Waals surface area contributed by atoms with Crippen molar-refractivity contribution in [2.45, 2.75) is 51.2 Å². The molecule has 2 unspecified atom stereocenters. The molecular formula is C15H19ClF3N. The summed E-state index contributed by atoms with van der Waals surface area (Å²) in [6.45, 7) is 2.18. The summed E-state index contributed by atoms with van der Waals surface area (Å²) in [7, 11) is 0. The van der Waals surface area contributed by atoms with E-state index in [-0.39, 0.29) is 5.02 Å². The van der Waals surface area contributed by atoms with Gasteiger partial charge in [-0.3, -0.25) is 0 Å². The van der Waals surface area contributed by atoms with Crippen LogP contribution >= 0.6 is 11.6 Å². The van der Waals surface area contributed by atoms with Gasteiger partial charge in [0.05, 0.1) is 16.3 Å². The summed E-state index contributed by atoms with van der Waals surface area (Å²) in [6, 6.07) is 3.81. The van der Waals surface area contributed by atoms with Gasteiger partial charge in [-0.15, -0.1) is 0 Å². The maximum Gasteiger partial charge on any atom is 0.416 e. The van der Waals surface area contributed by atoms with Gasteiger partial charge in [-0.2, -0.15) is 13.2 Å². The Morgan fingerprint density at radius 1 is 1.30 bits per heavy atom. The van der Waals surface area contributed by atoms with Crippen LogP contribution in [0.4, 0.5) is 18.9 Å². The smallest absolute Gasteiger partial charge is 0.381 e. The van der Waals surface area contributed by atoms with E-state index in [1.54, 1.807) is 0 Å².